The highest BCUT2D eigenvalue weighted by atomic mass is 16.5. The van der Waals surface area contributed by atoms with Gasteiger partial charge >= 0.3 is 0 Å². The van der Waals surface area contributed by atoms with Crippen LogP contribution in [-0.4, -0.2) is 26.5 Å². The summed E-state index contributed by atoms with van der Waals surface area (Å²) in [5, 5.41) is 12.9. The molecule has 0 saturated carbocycles. The van der Waals surface area contributed by atoms with Gasteiger partial charge in [0.15, 0.2) is 5.82 Å². The highest BCUT2D eigenvalue weighted by Crippen LogP contribution is 2.15. The van der Waals surface area contributed by atoms with Crippen LogP contribution in [0.4, 0.5) is 0 Å². The van der Waals surface area contributed by atoms with Crippen molar-refractivity contribution < 1.29 is 9.84 Å². The van der Waals surface area contributed by atoms with E-state index in [1.54, 1.807) is 0 Å². The Balaban J connectivity index is 2.02. The Morgan fingerprint density at radius 2 is 2.24 bits per heavy atom. The van der Waals surface area contributed by atoms with Gasteiger partial charge in [-0.15, -0.1) is 0 Å². The van der Waals surface area contributed by atoms with Crippen LogP contribution in [0.25, 0.3) is 0 Å². The molecule has 5 heteroatoms. The van der Waals surface area contributed by atoms with Gasteiger partial charge < -0.3 is 9.84 Å². The Kier molecular flexibility index (Phi) is 5.35. The maximum atomic E-state index is 8.72. The lowest BCUT2D eigenvalue weighted by molar-refractivity contribution is 0.282. The van der Waals surface area contributed by atoms with Crippen molar-refractivity contribution in [3.63, 3.8) is 0 Å². The first-order valence-electron chi connectivity index (χ1n) is 6.91. The summed E-state index contributed by atoms with van der Waals surface area (Å²) in [6.07, 6.45) is 2.01. The fraction of sp³-hybridized carbons (Fsp3) is 0.375. The van der Waals surface area contributed by atoms with Crippen LogP contribution in [-0.2, 0) is 6.61 Å². The topological polar surface area (TPSA) is 60.2 Å². The molecule has 21 heavy (non-hydrogen) atoms. The molecular weight excluding hydrogens is 266 g/mol. The summed E-state index contributed by atoms with van der Waals surface area (Å²) < 4.78 is 7.59. The first-order chi connectivity index (χ1) is 10.2. The van der Waals surface area contributed by atoms with E-state index in [2.05, 4.69) is 35.8 Å². The third-order valence-corrected chi connectivity index (χ3v) is 2.81. The lowest BCUT2D eigenvalue weighted by atomic mass is 10.2. The van der Waals surface area contributed by atoms with E-state index in [1.807, 2.05) is 28.9 Å². The molecule has 0 spiro atoms. The second kappa shape index (κ2) is 7.46. The maximum Gasteiger partial charge on any atom is 0.165 e. The van der Waals surface area contributed by atoms with Gasteiger partial charge in [-0.3, -0.25) is 0 Å². The van der Waals surface area contributed by atoms with E-state index in [1.165, 1.54) is 6.33 Å². The average molecular weight is 285 g/mol. The van der Waals surface area contributed by atoms with Gasteiger partial charge in [0, 0.05) is 18.0 Å². The van der Waals surface area contributed by atoms with Crippen LogP contribution in [0, 0.1) is 11.8 Å². The smallest absolute Gasteiger partial charge is 0.165 e. The molecule has 0 saturated heterocycles. The molecule has 0 amide bonds. The van der Waals surface area contributed by atoms with Crippen molar-refractivity contribution in [1.29, 1.82) is 0 Å². The number of hydrogen-bond donors (Lipinski definition) is 1. The highest BCUT2D eigenvalue weighted by molar-refractivity contribution is 5.39. The molecule has 2 rings (SSSR count). The molecule has 0 aliphatic heterocycles. The van der Waals surface area contributed by atoms with Crippen molar-refractivity contribution in [3.8, 4) is 17.6 Å². The Bertz CT molecular complexity index is 638. The first-order valence-corrected chi connectivity index (χ1v) is 6.91. The lowest BCUT2D eigenvalue weighted by Gasteiger charge is -2.10. The third-order valence-electron chi connectivity index (χ3n) is 2.81. The molecule has 1 aromatic heterocycles. The fourth-order valence-corrected chi connectivity index (χ4v) is 1.84. The van der Waals surface area contributed by atoms with Crippen LogP contribution in [0.15, 0.2) is 30.6 Å². The SMILES string of the molecule is CC(C)n1ncnc1COc1cccc(C#CCCO)c1. The Hall–Kier alpha value is -2.32. The molecule has 0 fully saturated rings. The second-order valence-electron chi connectivity index (χ2n) is 4.81. The number of benzene rings is 1. The van der Waals surface area contributed by atoms with Crippen molar-refractivity contribution in [2.45, 2.75) is 32.9 Å². The molecule has 5 nitrogen and oxygen atoms in total. The maximum absolute atomic E-state index is 8.72. The number of nitrogens with zero attached hydrogens (tertiary/aromatic N) is 3. The number of aromatic nitrogens is 3. The normalized spacial score (nSPS) is 10.3. The van der Waals surface area contributed by atoms with Gasteiger partial charge in [-0.05, 0) is 32.0 Å². The molecule has 0 unspecified atom stereocenters. The number of hydrogen-bond acceptors (Lipinski definition) is 4. The van der Waals surface area contributed by atoms with Gasteiger partial charge in [-0.1, -0.05) is 17.9 Å². The predicted molar refractivity (Wildman–Crippen MR) is 79.8 cm³/mol. The Labute approximate surface area is 124 Å². The van der Waals surface area contributed by atoms with E-state index in [4.69, 9.17) is 9.84 Å². The standard InChI is InChI=1S/C16H19N3O2/c1-13(2)19-16(17-12-18-19)11-21-15-8-5-7-14(10-15)6-3-4-9-20/h5,7-8,10,12-13,20H,4,9,11H2,1-2H3. The molecule has 110 valence electrons. The summed E-state index contributed by atoms with van der Waals surface area (Å²) in [7, 11) is 0. The minimum atomic E-state index is 0.0774. The second-order valence-corrected chi connectivity index (χ2v) is 4.81. The largest absolute Gasteiger partial charge is 0.486 e. The molecular formula is C16H19N3O2. The van der Waals surface area contributed by atoms with E-state index in [0.29, 0.717) is 13.0 Å². The molecule has 2 aromatic rings. The van der Waals surface area contributed by atoms with Crippen molar-refractivity contribution in [2.75, 3.05) is 6.61 Å². The monoisotopic (exact) mass is 285 g/mol. The summed E-state index contributed by atoms with van der Waals surface area (Å²) >= 11 is 0. The van der Waals surface area contributed by atoms with Crippen LogP contribution in [0.2, 0.25) is 0 Å². The van der Waals surface area contributed by atoms with Crippen molar-refractivity contribution in [3.05, 3.63) is 42.0 Å². The minimum absolute atomic E-state index is 0.0774. The fourth-order valence-electron chi connectivity index (χ4n) is 1.84. The van der Waals surface area contributed by atoms with Crippen molar-refractivity contribution in [1.82, 2.24) is 14.8 Å². The van der Waals surface area contributed by atoms with E-state index >= 15 is 0 Å². The van der Waals surface area contributed by atoms with Gasteiger partial charge in [-0.25, -0.2) is 9.67 Å². The zero-order valence-corrected chi connectivity index (χ0v) is 12.3. The van der Waals surface area contributed by atoms with Crippen LogP contribution in [0.3, 0.4) is 0 Å². The molecule has 0 aliphatic carbocycles. The molecule has 0 atom stereocenters. The van der Waals surface area contributed by atoms with E-state index in [-0.39, 0.29) is 12.6 Å². The van der Waals surface area contributed by atoms with Crippen LogP contribution in [0.1, 0.15) is 37.7 Å². The summed E-state index contributed by atoms with van der Waals surface area (Å²) in [5.41, 5.74) is 0.867. The molecule has 1 N–H and O–H groups in total. The number of ether oxygens (including phenoxy) is 1. The number of aliphatic hydroxyl groups excluding tert-OH is 1. The highest BCUT2D eigenvalue weighted by Gasteiger charge is 2.08. The van der Waals surface area contributed by atoms with Gasteiger partial charge in [0.25, 0.3) is 0 Å². The summed E-state index contributed by atoms with van der Waals surface area (Å²) in [5.74, 6) is 7.41. The molecule has 0 radical (unpaired) electrons. The van der Waals surface area contributed by atoms with E-state index in [9.17, 15) is 0 Å². The van der Waals surface area contributed by atoms with Crippen LogP contribution in [0.5, 0.6) is 5.75 Å². The summed E-state index contributed by atoms with van der Waals surface area (Å²) in [6.45, 7) is 4.55. The Morgan fingerprint density at radius 3 is 3.00 bits per heavy atom. The molecule has 1 aromatic carbocycles. The van der Waals surface area contributed by atoms with Gasteiger partial charge in [0.2, 0.25) is 0 Å². The van der Waals surface area contributed by atoms with Gasteiger partial charge in [-0.2, -0.15) is 5.10 Å². The molecule has 1 heterocycles. The zero-order valence-electron chi connectivity index (χ0n) is 12.3. The third kappa shape index (κ3) is 4.33. The van der Waals surface area contributed by atoms with Crippen LogP contribution < -0.4 is 4.74 Å². The summed E-state index contributed by atoms with van der Waals surface area (Å²) in [4.78, 5) is 4.21. The van der Waals surface area contributed by atoms with E-state index in [0.717, 1.165) is 17.1 Å². The number of aliphatic hydroxyl groups is 1. The first kappa shape index (κ1) is 15.1. The summed E-state index contributed by atoms with van der Waals surface area (Å²) in [6, 6.07) is 7.81. The van der Waals surface area contributed by atoms with Crippen molar-refractivity contribution in [2.24, 2.45) is 0 Å². The quantitative estimate of drug-likeness (QED) is 0.855. The van der Waals surface area contributed by atoms with E-state index < -0.39 is 0 Å². The van der Waals surface area contributed by atoms with Crippen LogP contribution >= 0.6 is 0 Å². The minimum Gasteiger partial charge on any atom is -0.486 e. The van der Waals surface area contributed by atoms with Crippen molar-refractivity contribution >= 4 is 0 Å². The van der Waals surface area contributed by atoms with Gasteiger partial charge in [0.1, 0.15) is 18.7 Å². The predicted octanol–water partition coefficient (Wildman–Crippen LogP) is 2.17. The average Bonchev–Trinajstić information content (AvgIpc) is 2.94. The molecule has 0 aliphatic rings. The lowest BCUT2D eigenvalue weighted by Crippen LogP contribution is -2.10. The van der Waals surface area contributed by atoms with Gasteiger partial charge in [0.05, 0.1) is 6.61 Å². The number of rotatable bonds is 5. The molecule has 0 bridgehead atoms. The Morgan fingerprint density at radius 1 is 1.38 bits per heavy atom. The zero-order chi connectivity index (χ0) is 15.1.